The molecule has 0 aliphatic heterocycles. The van der Waals surface area contributed by atoms with E-state index < -0.39 is 15.8 Å². The molecule has 0 amide bonds. The van der Waals surface area contributed by atoms with Crippen molar-refractivity contribution in [2.75, 3.05) is 12.3 Å². The summed E-state index contributed by atoms with van der Waals surface area (Å²) in [5.74, 6) is -0.624. The van der Waals surface area contributed by atoms with Crippen molar-refractivity contribution in [3.63, 3.8) is 0 Å². The zero-order valence-electron chi connectivity index (χ0n) is 11.4. The van der Waals surface area contributed by atoms with Crippen molar-refractivity contribution in [2.45, 2.75) is 31.7 Å². The maximum atomic E-state index is 13.6. The normalized spacial score (nSPS) is 12.1. The lowest BCUT2D eigenvalue weighted by molar-refractivity contribution is 0.382. The number of nitrogens with zero attached hydrogens (tertiary/aromatic N) is 1. The average molecular weight is 286 g/mol. The quantitative estimate of drug-likeness (QED) is 0.667. The molecule has 0 radical (unpaired) electrons. The third-order valence-electron chi connectivity index (χ3n) is 2.79. The Hall–Kier alpha value is -1.40. The van der Waals surface area contributed by atoms with Crippen molar-refractivity contribution in [2.24, 2.45) is 0 Å². The fourth-order valence-corrected chi connectivity index (χ4v) is 3.66. The van der Waals surface area contributed by atoms with E-state index in [1.165, 1.54) is 23.4 Å². The lowest BCUT2D eigenvalue weighted by Crippen LogP contribution is -2.37. The molecule has 19 heavy (non-hydrogen) atoms. The summed E-state index contributed by atoms with van der Waals surface area (Å²) in [6.07, 6.45) is 1.50. The third kappa shape index (κ3) is 3.13. The van der Waals surface area contributed by atoms with Crippen LogP contribution in [-0.2, 0) is 10.0 Å². The van der Waals surface area contributed by atoms with Crippen molar-refractivity contribution in [1.29, 1.82) is 0 Å². The van der Waals surface area contributed by atoms with Crippen LogP contribution in [0.2, 0.25) is 0 Å². The maximum absolute atomic E-state index is 13.6. The molecule has 0 saturated carbocycles. The Kier molecular flexibility index (Phi) is 4.70. The van der Waals surface area contributed by atoms with Gasteiger partial charge in [0, 0.05) is 23.8 Å². The second-order valence-corrected chi connectivity index (χ2v) is 6.44. The number of benzene rings is 1. The molecule has 0 aromatic heterocycles. The van der Waals surface area contributed by atoms with Crippen LogP contribution in [-0.4, -0.2) is 25.3 Å². The SMILES string of the molecule is C=CCN(C(C)C)S(=O)(=O)c1cc(N)cc(F)c1C. The summed E-state index contributed by atoms with van der Waals surface area (Å²) < 4.78 is 40.0. The first-order valence-electron chi connectivity index (χ1n) is 5.90. The minimum Gasteiger partial charge on any atom is -0.399 e. The van der Waals surface area contributed by atoms with Crippen LogP contribution < -0.4 is 5.73 Å². The Morgan fingerprint density at radius 3 is 2.53 bits per heavy atom. The number of nitrogen functional groups attached to an aromatic ring is 1. The van der Waals surface area contributed by atoms with Gasteiger partial charge in [0.25, 0.3) is 0 Å². The molecule has 0 heterocycles. The van der Waals surface area contributed by atoms with Gasteiger partial charge in [0.15, 0.2) is 0 Å². The van der Waals surface area contributed by atoms with Gasteiger partial charge in [-0.25, -0.2) is 12.8 Å². The summed E-state index contributed by atoms with van der Waals surface area (Å²) in [4.78, 5) is -0.0967. The Morgan fingerprint density at radius 1 is 1.47 bits per heavy atom. The van der Waals surface area contributed by atoms with Crippen molar-refractivity contribution in [1.82, 2.24) is 4.31 Å². The summed E-state index contributed by atoms with van der Waals surface area (Å²) in [5, 5.41) is 0. The lowest BCUT2D eigenvalue weighted by Gasteiger charge is -2.25. The molecule has 0 aliphatic rings. The predicted octanol–water partition coefficient (Wildman–Crippen LogP) is 2.30. The number of halogens is 1. The van der Waals surface area contributed by atoms with Gasteiger partial charge in [0.1, 0.15) is 5.82 Å². The first-order valence-corrected chi connectivity index (χ1v) is 7.34. The Balaban J connectivity index is 3.45. The van der Waals surface area contributed by atoms with Gasteiger partial charge in [-0.1, -0.05) is 6.08 Å². The number of hydrogen-bond donors (Lipinski definition) is 1. The van der Waals surface area contributed by atoms with Crippen LogP contribution in [0, 0.1) is 12.7 Å². The molecular formula is C13H19FN2O2S. The standard InChI is InChI=1S/C13H19FN2O2S/c1-5-6-16(9(2)3)19(17,18)13-8-11(15)7-12(14)10(13)4/h5,7-9H,1,6,15H2,2-4H3. The van der Waals surface area contributed by atoms with Crippen LogP contribution in [0.1, 0.15) is 19.4 Å². The number of sulfonamides is 1. The number of anilines is 1. The molecule has 0 spiro atoms. The minimum absolute atomic E-state index is 0.0731. The van der Waals surface area contributed by atoms with E-state index >= 15 is 0 Å². The van der Waals surface area contributed by atoms with Crippen LogP contribution in [0.25, 0.3) is 0 Å². The summed E-state index contributed by atoms with van der Waals surface area (Å²) in [6.45, 7) is 8.63. The highest BCUT2D eigenvalue weighted by Crippen LogP contribution is 2.26. The van der Waals surface area contributed by atoms with Crippen LogP contribution in [0.3, 0.4) is 0 Å². The lowest BCUT2D eigenvalue weighted by atomic mass is 10.2. The van der Waals surface area contributed by atoms with Crippen molar-refractivity contribution in [3.05, 3.63) is 36.2 Å². The fraction of sp³-hybridized carbons (Fsp3) is 0.385. The van der Waals surface area contributed by atoms with E-state index in [-0.39, 0.29) is 28.7 Å². The zero-order valence-corrected chi connectivity index (χ0v) is 12.2. The highest BCUT2D eigenvalue weighted by molar-refractivity contribution is 7.89. The summed E-state index contributed by atoms with van der Waals surface area (Å²) in [5.41, 5.74) is 5.69. The van der Waals surface area contributed by atoms with Crippen LogP contribution in [0.5, 0.6) is 0 Å². The maximum Gasteiger partial charge on any atom is 0.244 e. The van der Waals surface area contributed by atoms with E-state index in [2.05, 4.69) is 6.58 Å². The molecule has 0 fully saturated rings. The molecule has 0 atom stereocenters. The first kappa shape index (κ1) is 15.7. The van der Waals surface area contributed by atoms with Crippen LogP contribution in [0.15, 0.2) is 29.7 Å². The second kappa shape index (κ2) is 5.71. The molecule has 106 valence electrons. The third-order valence-corrected chi connectivity index (χ3v) is 4.96. The van der Waals surface area contributed by atoms with E-state index in [1.807, 2.05) is 0 Å². The monoisotopic (exact) mass is 286 g/mol. The molecule has 6 heteroatoms. The Bertz CT molecular complexity index is 583. The van der Waals surface area contributed by atoms with Gasteiger partial charge in [0.2, 0.25) is 10.0 Å². The summed E-state index contributed by atoms with van der Waals surface area (Å²) in [6, 6.07) is 2.14. The van der Waals surface area contributed by atoms with E-state index in [9.17, 15) is 12.8 Å². The molecule has 1 rings (SSSR count). The van der Waals surface area contributed by atoms with Crippen molar-refractivity contribution < 1.29 is 12.8 Å². The van der Waals surface area contributed by atoms with Gasteiger partial charge in [-0.05, 0) is 32.9 Å². The molecular weight excluding hydrogens is 267 g/mol. The largest absolute Gasteiger partial charge is 0.399 e. The van der Waals surface area contributed by atoms with Gasteiger partial charge in [-0.3, -0.25) is 0 Å². The minimum atomic E-state index is -3.80. The molecule has 4 nitrogen and oxygen atoms in total. The van der Waals surface area contributed by atoms with Gasteiger partial charge >= 0.3 is 0 Å². The van der Waals surface area contributed by atoms with Gasteiger partial charge in [-0.2, -0.15) is 4.31 Å². The van der Waals surface area contributed by atoms with Gasteiger partial charge in [-0.15, -0.1) is 6.58 Å². The smallest absolute Gasteiger partial charge is 0.244 e. The van der Waals surface area contributed by atoms with E-state index in [0.717, 1.165) is 6.07 Å². The predicted molar refractivity (Wildman–Crippen MR) is 74.8 cm³/mol. The average Bonchev–Trinajstić information content (AvgIpc) is 2.29. The highest BCUT2D eigenvalue weighted by atomic mass is 32.2. The second-order valence-electron chi connectivity index (χ2n) is 4.58. The van der Waals surface area contributed by atoms with E-state index in [1.54, 1.807) is 13.8 Å². The number of hydrogen-bond acceptors (Lipinski definition) is 3. The number of nitrogens with two attached hydrogens (primary N) is 1. The number of rotatable bonds is 5. The van der Waals surface area contributed by atoms with Gasteiger partial charge in [0.05, 0.1) is 4.90 Å². The molecule has 0 unspecified atom stereocenters. The Labute approximate surface area is 113 Å². The molecule has 0 saturated heterocycles. The molecule has 1 aromatic carbocycles. The highest BCUT2D eigenvalue weighted by Gasteiger charge is 2.28. The topological polar surface area (TPSA) is 63.4 Å². The van der Waals surface area contributed by atoms with Crippen molar-refractivity contribution >= 4 is 15.7 Å². The fourth-order valence-electron chi connectivity index (χ4n) is 1.78. The molecule has 1 aromatic rings. The van der Waals surface area contributed by atoms with Crippen molar-refractivity contribution in [3.8, 4) is 0 Å². The Morgan fingerprint density at radius 2 is 2.05 bits per heavy atom. The zero-order chi connectivity index (χ0) is 14.8. The molecule has 2 N–H and O–H groups in total. The summed E-state index contributed by atoms with van der Waals surface area (Å²) >= 11 is 0. The van der Waals surface area contributed by atoms with E-state index in [4.69, 9.17) is 5.73 Å². The van der Waals surface area contributed by atoms with E-state index in [0.29, 0.717) is 0 Å². The molecule has 0 aliphatic carbocycles. The van der Waals surface area contributed by atoms with Crippen LogP contribution >= 0.6 is 0 Å². The molecule has 0 bridgehead atoms. The van der Waals surface area contributed by atoms with Crippen LogP contribution in [0.4, 0.5) is 10.1 Å². The summed E-state index contributed by atoms with van der Waals surface area (Å²) in [7, 11) is -3.80. The first-order chi connectivity index (χ1) is 8.71. The van der Waals surface area contributed by atoms with Gasteiger partial charge < -0.3 is 5.73 Å².